The van der Waals surface area contributed by atoms with Gasteiger partial charge in [-0.25, -0.2) is 0 Å². The van der Waals surface area contributed by atoms with Crippen LogP contribution in [0.3, 0.4) is 0 Å². The van der Waals surface area contributed by atoms with Gasteiger partial charge in [0.25, 0.3) is 5.91 Å². The van der Waals surface area contributed by atoms with Gasteiger partial charge in [0.15, 0.2) is 0 Å². The predicted octanol–water partition coefficient (Wildman–Crippen LogP) is 3.92. The molecule has 32 heavy (non-hydrogen) atoms. The molecule has 1 N–H and O–H groups in total. The van der Waals surface area contributed by atoms with Gasteiger partial charge in [-0.15, -0.1) is 12.4 Å². The minimum atomic E-state index is -0.168. The summed E-state index contributed by atoms with van der Waals surface area (Å²) in [4.78, 5) is 19.4. The number of nitrogens with zero attached hydrogens (tertiary/aromatic N) is 2. The van der Waals surface area contributed by atoms with Crippen molar-refractivity contribution in [2.24, 2.45) is 0 Å². The van der Waals surface area contributed by atoms with Gasteiger partial charge in [0.1, 0.15) is 17.2 Å². The number of carbonyl (C=O) groups is 1. The molecule has 1 saturated heterocycles. The van der Waals surface area contributed by atoms with Gasteiger partial charge in [0.2, 0.25) is 0 Å². The number of hydrogen-bond donors (Lipinski definition) is 1. The van der Waals surface area contributed by atoms with Crippen molar-refractivity contribution in [2.45, 2.75) is 18.5 Å². The molecule has 2 aromatic carbocycles. The Hall–Kier alpha value is -3.09. The van der Waals surface area contributed by atoms with Crippen molar-refractivity contribution in [3.63, 3.8) is 0 Å². The minimum absolute atomic E-state index is 0. The quantitative estimate of drug-likeness (QED) is 0.587. The van der Waals surface area contributed by atoms with E-state index in [1.54, 1.807) is 32.5 Å². The van der Waals surface area contributed by atoms with Crippen molar-refractivity contribution in [3.8, 4) is 11.5 Å². The number of pyridine rings is 1. The summed E-state index contributed by atoms with van der Waals surface area (Å²) >= 11 is 0. The summed E-state index contributed by atoms with van der Waals surface area (Å²) < 4.78 is 11.1. The highest BCUT2D eigenvalue weighted by Crippen LogP contribution is 2.36. The Morgan fingerprint density at radius 3 is 2.50 bits per heavy atom. The van der Waals surface area contributed by atoms with Crippen LogP contribution >= 0.6 is 12.4 Å². The molecule has 4 rings (SSSR count). The molecule has 0 bridgehead atoms. The highest BCUT2D eigenvalue weighted by molar-refractivity contribution is 5.92. The summed E-state index contributed by atoms with van der Waals surface area (Å²) in [6.45, 7) is 2.35. The van der Waals surface area contributed by atoms with Crippen molar-refractivity contribution in [1.82, 2.24) is 15.2 Å². The highest BCUT2D eigenvalue weighted by Gasteiger charge is 2.37. The molecule has 7 heteroatoms. The lowest BCUT2D eigenvalue weighted by Crippen LogP contribution is -2.40. The Bertz CT molecular complexity index is 1020. The van der Waals surface area contributed by atoms with Gasteiger partial charge >= 0.3 is 0 Å². The standard InChI is InChI=1S/C25H27N3O3.ClH/c1-30-19-11-12-24(31-2)20(14-19)21-16-28(15-18-8-4-3-5-9-18)17-23(21)27-25(29)22-10-6-7-13-26-22;/h3-14,21,23H,15-17H2,1-2H3,(H,27,29);1H/t21-,23+;/m0./s1. The lowest BCUT2D eigenvalue weighted by Gasteiger charge is -2.22. The Balaban J connectivity index is 0.00000289. The smallest absolute Gasteiger partial charge is 0.270 e. The van der Waals surface area contributed by atoms with Crippen LogP contribution in [0.1, 0.15) is 27.5 Å². The molecule has 1 aliphatic rings. The van der Waals surface area contributed by atoms with Gasteiger partial charge in [0, 0.05) is 37.3 Å². The number of carbonyl (C=O) groups excluding carboxylic acids is 1. The van der Waals surface area contributed by atoms with Crippen LogP contribution in [0.25, 0.3) is 0 Å². The first kappa shape index (κ1) is 23.6. The molecular weight excluding hydrogens is 426 g/mol. The highest BCUT2D eigenvalue weighted by atomic mass is 35.5. The molecule has 0 spiro atoms. The molecule has 0 radical (unpaired) electrons. The molecule has 6 nitrogen and oxygen atoms in total. The number of nitrogens with one attached hydrogen (secondary N) is 1. The summed E-state index contributed by atoms with van der Waals surface area (Å²) in [5.74, 6) is 1.46. The molecular formula is C25H28ClN3O3. The van der Waals surface area contributed by atoms with E-state index in [1.165, 1.54) is 5.56 Å². The van der Waals surface area contributed by atoms with E-state index in [0.29, 0.717) is 5.69 Å². The van der Waals surface area contributed by atoms with Gasteiger partial charge < -0.3 is 14.8 Å². The van der Waals surface area contributed by atoms with Crippen LogP contribution in [-0.2, 0) is 6.54 Å². The normalized spacial score (nSPS) is 17.9. The maximum atomic E-state index is 12.9. The van der Waals surface area contributed by atoms with Crippen LogP contribution in [0.2, 0.25) is 0 Å². The molecule has 168 valence electrons. The van der Waals surface area contributed by atoms with Crippen LogP contribution in [0, 0.1) is 0 Å². The van der Waals surface area contributed by atoms with E-state index in [2.05, 4.69) is 27.3 Å². The molecule has 3 aromatic rings. The second kappa shape index (κ2) is 11.0. The van der Waals surface area contributed by atoms with Crippen molar-refractivity contribution in [3.05, 3.63) is 89.7 Å². The number of amides is 1. The molecule has 2 atom stereocenters. The van der Waals surface area contributed by atoms with Crippen LogP contribution < -0.4 is 14.8 Å². The number of rotatable bonds is 7. The number of benzene rings is 2. The molecule has 1 aromatic heterocycles. The lowest BCUT2D eigenvalue weighted by molar-refractivity contribution is 0.0929. The third kappa shape index (κ3) is 5.39. The molecule has 0 saturated carbocycles. The van der Waals surface area contributed by atoms with Crippen molar-refractivity contribution < 1.29 is 14.3 Å². The van der Waals surface area contributed by atoms with E-state index in [9.17, 15) is 4.79 Å². The minimum Gasteiger partial charge on any atom is -0.497 e. The maximum Gasteiger partial charge on any atom is 0.270 e. The largest absolute Gasteiger partial charge is 0.497 e. The van der Waals surface area contributed by atoms with Gasteiger partial charge in [-0.05, 0) is 35.9 Å². The van der Waals surface area contributed by atoms with Crippen molar-refractivity contribution in [2.75, 3.05) is 27.3 Å². The fraction of sp³-hybridized carbons (Fsp3) is 0.280. The third-order valence-electron chi connectivity index (χ3n) is 5.69. The number of hydrogen-bond acceptors (Lipinski definition) is 5. The average molecular weight is 454 g/mol. The predicted molar refractivity (Wildman–Crippen MR) is 127 cm³/mol. The molecule has 0 unspecified atom stereocenters. The first-order valence-electron chi connectivity index (χ1n) is 10.4. The Morgan fingerprint density at radius 1 is 1.03 bits per heavy atom. The topological polar surface area (TPSA) is 63.7 Å². The van der Waals surface area contributed by atoms with E-state index in [4.69, 9.17) is 9.47 Å². The molecule has 0 aliphatic carbocycles. The zero-order valence-electron chi connectivity index (χ0n) is 18.2. The van der Waals surface area contributed by atoms with Crippen LogP contribution in [0.4, 0.5) is 0 Å². The van der Waals surface area contributed by atoms with Crippen LogP contribution in [-0.4, -0.2) is 49.1 Å². The van der Waals surface area contributed by atoms with Crippen LogP contribution in [0.15, 0.2) is 72.9 Å². The zero-order valence-corrected chi connectivity index (χ0v) is 19.0. The number of halogens is 1. The zero-order chi connectivity index (χ0) is 21.6. The Morgan fingerprint density at radius 2 is 1.81 bits per heavy atom. The second-order valence-electron chi connectivity index (χ2n) is 7.69. The number of methoxy groups -OCH3 is 2. The summed E-state index contributed by atoms with van der Waals surface area (Å²) in [6.07, 6.45) is 1.63. The molecule has 1 amide bonds. The van der Waals surface area contributed by atoms with Gasteiger partial charge in [0.05, 0.1) is 20.3 Å². The van der Waals surface area contributed by atoms with Gasteiger partial charge in [-0.1, -0.05) is 36.4 Å². The summed E-state index contributed by atoms with van der Waals surface area (Å²) in [7, 11) is 3.33. The van der Waals surface area contributed by atoms with Crippen LogP contribution in [0.5, 0.6) is 11.5 Å². The third-order valence-corrected chi connectivity index (χ3v) is 5.69. The monoisotopic (exact) mass is 453 g/mol. The second-order valence-corrected chi connectivity index (χ2v) is 7.69. The maximum absolute atomic E-state index is 12.9. The van der Waals surface area contributed by atoms with Crippen molar-refractivity contribution >= 4 is 18.3 Å². The molecule has 2 heterocycles. The molecule has 1 aliphatic heterocycles. The molecule has 1 fully saturated rings. The fourth-order valence-electron chi connectivity index (χ4n) is 4.19. The summed E-state index contributed by atoms with van der Waals surface area (Å²) in [6, 6.07) is 21.5. The lowest BCUT2D eigenvalue weighted by atomic mass is 9.93. The van der Waals surface area contributed by atoms with E-state index >= 15 is 0 Å². The number of ether oxygens (including phenoxy) is 2. The average Bonchev–Trinajstić information content (AvgIpc) is 3.21. The van der Waals surface area contributed by atoms with E-state index in [0.717, 1.165) is 36.7 Å². The first-order valence-corrected chi connectivity index (χ1v) is 10.4. The Kier molecular flexibility index (Phi) is 8.09. The van der Waals surface area contributed by atoms with E-state index in [1.807, 2.05) is 42.5 Å². The summed E-state index contributed by atoms with van der Waals surface area (Å²) in [5, 5.41) is 3.21. The number of likely N-dealkylation sites (tertiary alicyclic amines) is 1. The van der Waals surface area contributed by atoms with E-state index < -0.39 is 0 Å². The van der Waals surface area contributed by atoms with Gasteiger partial charge in [-0.2, -0.15) is 0 Å². The first-order chi connectivity index (χ1) is 15.2. The summed E-state index contributed by atoms with van der Waals surface area (Å²) in [5.41, 5.74) is 2.69. The SMILES string of the molecule is COc1ccc(OC)c([C@@H]2CN(Cc3ccccc3)C[C@H]2NC(=O)c2ccccn2)c1.Cl. The van der Waals surface area contributed by atoms with Gasteiger partial charge in [-0.3, -0.25) is 14.7 Å². The van der Waals surface area contributed by atoms with Crippen molar-refractivity contribution in [1.29, 1.82) is 0 Å². The number of aromatic nitrogens is 1. The fourth-order valence-corrected chi connectivity index (χ4v) is 4.19. The van der Waals surface area contributed by atoms with E-state index in [-0.39, 0.29) is 30.3 Å². The Labute approximate surface area is 195 Å².